The largest absolute Gasteiger partial charge is 0.490 e. The molecule has 0 unspecified atom stereocenters. The van der Waals surface area contributed by atoms with Gasteiger partial charge in [-0.3, -0.25) is 19.1 Å². The molecule has 1 aromatic heterocycles. The minimum atomic E-state index is -0.354. The number of carbonyl (C=O) groups excluding carboxylic acids is 3. The maximum absolute atomic E-state index is 13.3. The van der Waals surface area contributed by atoms with Gasteiger partial charge in [0, 0.05) is 32.4 Å². The molecule has 1 saturated heterocycles. The summed E-state index contributed by atoms with van der Waals surface area (Å²) in [5.74, 6) is 0.0377. The second kappa shape index (κ2) is 10.5. The fraction of sp³-hybridized carbons (Fsp3) is 0.520. The first kappa shape index (κ1) is 24.7. The summed E-state index contributed by atoms with van der Waals surface area (Å²) < 4.78 is 13.9. The summed E-state index contributed by atoms with van der Waals surface area (Å²) in [5, 5.41) is 9.98. The lowest BCUT2D eigenvalue weighted by atomic mass is 9.94. The average Bonchev–Trinajstić information content (AvgIpc) is 3.12. The lowest BCUT2D eigenvalue weighted by Crippen LogP contribution is -2.53. The maximum atomic E-state index is 13.3. The Bertz CT molecular complexity index is 1110. The van der Waals surface area contributed by atoms with Crippen LogP contribution in [0.1, 0.15) is 55.1 Å². The lowest BCUT2D eigenvalue weighted by molar-refractivity contribution is -0.130. The van der Waals surface area contributed by atoms with Crippen LogP contribution in [0.4, 0.5) is 11.4 Å². The van der Waals surface area contributed by atoms with Crippen molar-refractivity contribution in [1.29, 1.82) is 0 Å². The normalized spacial score (nSPS) is 21.8. The van der Waals surface area contributed by atoms with E-state index in [1.165, 1.54) is 0 Å². The number of ether oxygens (including phenoxy) is 2. The van der Waals surface area contributed by atoms with Crippen molar-refractivity contribution in [2.75, 3.05) is 24.3 Å². The fourth-order valence-corrected chi connectivity index (χ4v) is 4.69. The number of rotatable bonds is 6. The third-order valence-electron chi connectivity index (χ3n) is 6.47. The predicted octanol–water partition coefficient (Wildman–Crippen LogP) is 2.88. The van der Waals surface area contributed by atoms with Crippen molar-refractivity contribution in [3.8, 4) is 5.75 Å². The van der Waals surface area contributed by atoms with Crippen molar-refractivity contribution in [3.63, 3.8) is 0 Å². The summed E-state index contributed by atoms with van der Waals surface area (Å²) in [6.07, 6.45) is 3.88. The molecular weight excluding hydrogens is 450 g/mol. The monoisotopic (exact) mass is 483 g/mol. The van der Waals surface area contributed by atoms with E-state index < -0.39 is 0 Å². The summed E-state index contributed by atoms with van der Waals surface area (Å²) in [7, 11) is 3.57. The van der Waals surface area contributed by atoms with Crippen LogP contribution >= 0.6 is 0 Å². The van der Waals surface area contributed by atoms with Gasteiger partial charge in [0.2, 0.25) is 11.8 Å². The highest BCUT2D eigenvalue weighted by Gasteiger charge is 2.39. The van der Waals surface area contributed by atoms with Crippen LogP contribution in [0.25, 0.3) is 0 Å². The number of anilines is 2. The Morgan fingerprint density at radius 3 is 2.69 bits per heavy atom. The van der Waals surface area contributed by atoms with Crippen molar-refractivity contribution in [3.05, 3.63) is 35.7 Å². The number of carbonyl (C=O) groups is 3. The van der Waals surface area contributed by atoms with Gasteiger partial charge in [-0.05, 0) is 44.4 Å². The Labute approximate surface area is 204 Å². The topological polar surface area (TPSA) is 115 Å². The molecule has 1 fully saturated rings. The van der Waals surface area contributed by atoms with Gasteiger partial charge in [-0.25, -0.2) is 0 Å². The fourth-order valence-electron chi connectivity index (χ4n) is 4.69. The second-order valence-electron chi connectivity index (χ2n) is 9.23. The number of hydrogen-bond donors (Lipinski definition) is 2. The summed E-state index contributed by atoms with van der Waals surface area (Å²) in [6, 6.07) is 4.93. The van der Waals surface area contributed by atoms with Crippen molar-refractivity contribution in [2.24, 2.45) is 7.05 Å². The Morgan fingerprint density at radius 1 is 1.17 bits per heavy atom. The lowest BCUT2D eigenvalue weighted by Gasteiger charge is -2.42. The second-order valence-corrected chi connectivity index (χ2v) is 9.23. The zero-order chi connectivity index (χ0) is 25.1. The Hall–Kier alpha value is -3.40. The van der Waals surface area contributed by atoms with Crippen molar-refractivity contribution in [1.82, 2.24) is 14.7 Å². The predicted molar refractivity (Wildman–Crippen MR) is 130 cm³/mol. The molecule has 188 valence electrons. The number of amides is 3. The Kier molecular flexibility index (Phi) is 7.39. The molecule has 3 atom stereocenters. The number of nitrogens with one attached hydrogen (secondary N) is 2. The van der Waals surface area contributed by atoms with Gasteiger partial charge < -0.3 is 25.0 Å². The van der Waals surface area contributed by atoms with Gasteiger partial charge in [-0.15, -0.1) is 0 Å². The molecule has 0 aliphatic carbocycles. The van der Waals surface area contributed by atoms with Crippen LogP contribution in [0, 0.1) is 6.92 Å². The molecular formula is C25H33N5O5. The number of nitrogens with zero attached hydrogens (tertiary/aromatic N) is 3. The van der Waals surface area contributed by atoms with Crippen LogP contribution in [0.5, 0.6) is 5.75 Å². The highest BCUT2D eigenvalue weighted by atomic mass is 16.5. The van der Waals surface area contributed by atoms with E-state index in [0.717, 1.165) is 12.1 Å². The van der Waals surface area contributed by atoms with Crippen molar-refractivity contribution >= 4 is 29.1 Å². The van der Waals surface area contributed by atoms with Gasteiger partial charge in [-0.2, -0.15) is 5.10 Å². The Morgan fingerprint density at radius 2 is 1.97 bits per heavy atom. The molecule has 4 rings (SSSR count). The molecule has 10 nitrogen and oxygen atoms in total. The summed E-state index contributed by atoms with van der Waals surface area (Å²) in [4.78, 5) is 39.6. The SMILES string of the molecule is CCCC(=O)Nc1ccc2c(c1)C(=O)N(C)[C@@H]1CC[C@H](CC(=O)Nc3cn(C)nc3C)O[C@@H]1CO2. The van der Waals surface area contributed by atoms with Crippen molar-refractivity contribution < 1.29 is 23.9 Å². The number of likely N-dealkylation sites (N-methyl/N-ethyl adjacent to an activating group) is 1. The molecule has 10 heteroatoms. The van der Waals surface area contributed by atoms with Gasteiger partial charge >= 0.3 is 0 Å². The highest BCUT2D eigenvalue weighted by molar-refractivity contribution is 5.99. The molecule has 2 N–H and O–H groups in total. The molecule has 1 aromatic carbocycles. The van der Waals surface area contributed by atoms with Crippen LogP contribution < -0.4 is 15.4 Å². The summed E-state index contributed by atoms with van der Waals surface area (Å²) in [6.45, 7) is 4.04. The van der Waals surface area contributed by atoms with Crippen molar-refractivity contribution in [2.45, 2.75) is 64.2 Å². The zero-order valence-electron chi connectivity index (χ0n) is 20.7. The van der Waals surface area contributed by atoms with Gasteiger partial charge in [0.1, 0.15) is 18.5 Å². The number of fused-ring (bicyclic) bond motifs is 2. The van der Waals surface area contributed by atoms with E-state index in [2.05, 4.69) is 15.7 Å². The van der Waals surface area contributed by atoms with Crippen LogP contribution in [0.15, 0.2) is 24.4 Å². The summed E-state index contributed by atoms with van der Waals surface area (Å²) in [5.41, 5.74) is 2.42. The van der Waals surface area contributed by atoms with E-state index in [4.69, 9.17) is 9.47 Å². The van der Waals surface area contributed by atoms with E-state index >= 15 is 0 Å². The average molecular weight is 484 g/mol. The molecule has 0 bridgehead atoms. The molecule has 35 heavy (non-hydrogen) atoms. The first-order valence-corrected chi connectivity index (χ1v) is 12.0. The first-order chi connectivity index (χ1) is 16.7. The number of benzene rings is 1. The minimum Gasteiger partial charge on any atom is -0.490 e. The standard InChI is InChI=1S/C25H33N5O5/c1-5-6-23(31)26-16-7-10-21-18(11-16)25(33)30(4)20-9-8-17(35-22(20)14-34-21)12-24(32)27-19-13-29(3)28-15(19)2/h7,10-11,13,17,20,22H,5-6,8-9,12,14H2,1-4H3,(H,26,31)(H,27,32)/t17-,20-,22-/m1/s1. The van der Waals surface area contributed by atoms with Crippen LogP contribution in [0.2, 0.25) is 0 Å². The molecule has 3 heterocycles. The molecule has 2 aliphatic heterocycles. The molecule has 2 aliphatic rings. The number of hydrogen-bond acceptors (Lipinski definition) is 6. The third-order valence-corrected chi connectivity index (χ3v) is 6.47. The summed E-state index contributed by atoms with van der Waals surface area (Å²) >= 11 is 0. The first-order valence-electron chi connectivity index (χ1n) is 12.0. The minimum absolute atomic E-state index is 0.0884. The number of aromatic nitrogens is 2. The van der Waals surface area contributed by atoms with Gasteiger partial charge in [-0.1, -0.05) is 6.92 Å². The molecule has 2 aromatic rings. The Balaban J connectivity index is 1.42. The quantitative estimate of drug-likeness (QED) is 0.653. The van der Waals surface area contributed by atoms with Crippen LogP contribution in [-0.4, -0.2) is 64.3 Å². The van der Waals surface area contributed by atoms with Gasteiger partial charge in [0.15, 0.2) is 0 Å². The van der Waals surface area contributed by atoms with E-state index in [0.29, 0.717) is 42.0 Å². The van der Waals surface area contributed by atoms with Crippen LogP contribution in [-0.2, 0) is 21.4 Å². The van der Waals surface area contributed by atoms with Gasteiger partial charge in [0.05, 0.1) is 35.5 Å². The van der Waals surface area contributed by atoms with E-state index in [1.54, 1.807) is 48.1 Å². The van der Waals surface area contributed by atoms with Crippen LogP contribution in [0.3, 0.4) is 0 Å². The number of aryl methyl sites for hydroxylation is 2. The maximum Gasteiger partial charge on any atom is 0.257 e. The smallest absolute Gasteiger partial charge is 0.257 e. The zero-order valence-corrected chi connectivity index (χ0v) is 20.7. The molecule has 0 saturated carbocycles. The van der Waals surface area contributed by atoms with E-state index in [1.807, 2.05) is 13.8 Å². The van der Waals surface area contributed by atoms with Gasteiger partial charge in [0.25, 0.3) is 5.91 Å². The third kappa shape index (κ3) is 5.64. The highest BCUT2D eigenvalue weighted by Crippen LogP contribution is 2.32. The molecule has 0 spiro atoms. The molecule has 3 amide bonds. The van der Waals surface area contributed by atoms with E-state index in [-0.39, 0.29) is 49.0 Å². The van der Waals surface area contributed by atoms with E-state index in [9.17, 15) is 14.4 Å². The molecule has 0 radical (unpaired) electrons.